The highest BCUT2D eigenvalue weighted by molar-refractivity contribution is 7.98. The molecule has 2 aromatic rings. The number of hydrogen-bond acceptors (Lipinski definition) is 4. The number of aryl methyl sites for hydroxylation is 1. The van der Waals surface area contributed by atoms with Crippen LogP contribution in [0.25, 0.3) is 0 Å². The lowest BCUT2D eigenvalue weighted by Crippen LogP contribution is -2.33. The molecule has 0 fully saturated rings. The third kappa shape index (κ3) is 5.91. The number of amides is 1. The highest BCUT2D eigenvalue weighted by Gasteiger charge is 2.07. The fourth-order valence-electron chi connectivity index (χ4n) is 2.23. The lowest BCUT2D eigenvalue weighted by molar-refractivity contribution is -0.117. The number of carbonyl (C=O) groups is 1. The number of hydrogen-bond donors (Lipinski definition) is 1. The van der Waals surface area contributed by atoms with Gasteiger partial charge in [-0.15, -0.1) is 11.8 Å². The Morgan fingerprint density at radius 2 is 1.88 bits per heavy atom. The number of rotatable bonds is 8. The summed E-state index contributed by atoms with van der Waals surface area (Å²) in [5, 5.41) is 2.91. The molecule has 1 amide bonds. The molecule has 0 radical (unpaired) electrons. The summed E-state index contributed by atoms with van der Waals surface area (Å²) in [6.07, 6.45) is 2.03. The third-order valence-electron chi connectivity index (χ3n) is 3.61. The summed E-state index contributed by atoms with van der Waals surface area (Å²) in [5.74, 6) is 0.870. The van der Waals surface area contributed by atoms with E-state index in [0.29, 0.717) is 19.7 Å². The van der Waals surface area contributed by atoms with Gasteiger partial charge in [-0.1, -0.05) is 18.2 Å². The van der Waals surface area contributed by atoms with Gasteiger partial charge in [0.15, 0.2) is 0 Å². The van der Waals surface area contributed by atoms with Gasteiger partial charge in [-0.25, -0.2) is 0 Å². The lowest BCUT2D eigenvalue weighted by Gasteiger charge is -2.17. The van der Waals surface area contributed by atoms with Crippen molar-refractivity contribution in [3.8, 4) is 5.75 Å². The van der Waals surface area contributed by atoms with E-state index in [2.05, 4.69) is 5.32 Å². The Hall–Kier alpha value is -1.98. The molecule has 0 saturated carbocycles. The van der Waals surface area contributed by atoms with E-state index in [1.165, 1.54) is 4.90 Å². The summed E-state index contributed by atoms with van der Waals surface area (Å²) in [4.78, 5) is 15.2. The van der Waals surface area contributed by atoms with Gasteiger partial charge in [0, 0.05) is 17.1 Å². The van der Waals surface area contributed by atoms with Crippen molar-refractivity contribution in [2.75, 3.05) is 38.3 Å². The summed E-state index contributed by atoms with van der Waals surface area (Å²) >= 11 is 1.68. The Labute approximate surface area is 148 Å². The van der Waals surface area contributed by atoms with Crippen molar-refractivity contribution in [2.45, 2.75) is 11.8 Å². The smallest absolute Gasteiger partial charge is 0.238 e. The normalized spacial score (nSPS) is 10.7. The number of ether oxygens (including phenoxy) is 1. The summed E-state index contributed by atoms with van der Waals surface area (Å²) in [7, 11) is 1.91. The SMILES string of the molecule is CSc1ccc(NC(=O)CN(C)CCOc2ccccc2C)cc1. The predicted octanol–water partition coefficient (Wildman–Crippen LogP) is 3.67. The molecule has 0 atom stereocenters. The first-order valence-corrected chi connectivity index (χ1v) is 9.12. The summed E-state index contributed by atoms with van der Waals surface area (Å²) in [6, 6.07) is 15.8. The van der Waals surface area contributed by atoms with Gasteiger partial charge in [-0.05, 0) is 56.1 Å². The topological polar surface area (TPSA) is 41.6 Å². The van der Waals surface area contributed by atoms with E-state index in [-0.39, 0.29) is 5.91 Å². The minimum absolute atomic E-state index is 0.0229. The van der Waals surface area contributed by atoms with Crippen molar-refractivity contribution in [1.29, 1.82) is 0 Å². The van der Waals surface area contributed by atoms with Crippen LogP contribution in [0.2, 0.25) is 0 Å². The van der Waals surface area contributed by atoms with Crippen LogP contribution >= 0.6 is 11.8 Å². The van der Waals surface area contributed by atoms with E-state index in [9.17, 15) is 4.79 Å². The van der Waals surface area contributed by atoms with Crippen molar-refractivity contribution < 1.29 is 9.53 Å². The second-order valence-corrected chi connectivity index (χ2v) is 6.51. The van der Waals surface area contributed by atoms with E-state index in [1.54, 1.807) is 11.8 Å². The van der Waals surface area contributed by atoms with Gasteiger partial charge in [-0.2, -0.15) is 0 Å². The maximum Gasteiger partial charge on any atom is 0.238 e. The number of nitrogens with zero attached hydrogens (tertiary/aromatic N) is 1. The second-order valence-electron chi connectivity index (χ2n) is 5.63. The van der Waals surface area contributed by atoms with Crippen molar-refractivity contribution >= 4 is 23.4 Å². The zero-order chi connectivity index (χ0) is 17.4. The molecule has 0 aliphatic carbocycles. The minimum atomic E-state index is -0.0229. The van der Waals surface area contributed by atoms with Gasteiger partial charge in [0.05, 0.1) is 6.54 Å². The molecule has 5 heteroatoms. The molecule has 128 valence electrons. The number of benzene rings is 2. The molecule has 0 bridgehead atoms. The Balaban J connectivity index is 1.72. The molecule has 0 saturated heterocycles. The first kappa shape index (κ1) is 18.4. The fourth-order valence-corrected chi connectivity index (χ4v) is 2.64. The second kappa shape index (κ2) is 9.35. The molecule has 24 heavy (non-hydrogen) atoms. The molecule has 0 aliphatic rings. The lowest BCUT2D eigenvalue weighted by atomic mass is 10.2. The highest BCUT2D eigenvalue weighted by atomic mass is 32.2. The van der Waals surface area contributed by atoms with Gasteiger partial charge >= 0.3 is 0 Å². The summed E-state index contributed by atoms with van der Waals surface area (Å²) < 4.78 is 5.76. The van der Waals surface area contributed by atoms with Crippen LogP contribution in [0.3, 0.4) is 0 Å². The molecule has 0 unspecified atom stereocenters. The van der Waals surface area contributed by atoms with Gasteiger partial charge in [0.1, 0.15) is 12.4 Å². The molecule has 0 aliphatic heterocycles. The van der Waals surface area contributed by atoms with Gasteiger partial charge in [-0.3, -0.25) is 9.69 Å². The Morgan fingerprint density at radius 1 is 1.17 bits per heavy atom. The molecule has 0 aromatic heterocycles. The molecule has 0 heterocycles. The van der Waals surface area contributed by atoms with Gasteiger partial charge in [0.25, 0.3) is 0 Å². The predicted molar refractivity (Wildman–Crippen MR) is 101 cm³/mol. The Kier molecular flexibility index (Phi) is 7.15. The standard InChI is InChI=1S/C19H24N2O2S/c1-15-6-4-5-7-18(15)23-13-12-21(2)14-19(22)20-16-8-10-17(24-3)11-9-16/h4-11H,12-14H2,1-3H3,(H,20,22). The van der Waals surface area contributed by atoms with Crippen molar-refractivity contribution in [3.05, 3.63) is 54.1 Å². The van der Waals surface area contributed by atoms with E-state index in [4.69, 9.17) is 4.74 Å². The van der Waals surface area contributed by atoms with Crippen LogP contribution in [0.5, 0.6) is 5.75 Å². The first-order valence-electron chi connectivity index (χ1n) is 7.89. The quantitative estimate of drug-likeness (QED) is 0.742. The number of thioether (sulfide) groups is 1. The van der Waals surface area contributed by atoms with Crippen molar-refractivity contribution in [1.82, 2.24) is 4.90 Å². The van der Waals surface area contributed by atoms with E-state index >= 15 is 0 Å². The molecule has 0 spiro atoms. The molecular formula is C19H24N2O2S. The largest absolute Gasteiger partial charge is 0.492 e. The zero-order valence-corrected chi connectivity index (χ0v) is 15.2. The number of carbonyl (C=O) groups excluding carboxylic acids is 1. The highest BCUT2D eigenvalue weighted by Crippen LogP contribution is 2.17. The van der Waals surface area contributed by atoms with E-state index < -0.39 is 0 Å². The molecule has 2 rings (SSSR count). The molecule has 1 N–H and O–H groups in total. The van der Waals surface area contributed by atoms with E-state index in [0.717, 1.165) is 17.0 Å². The van der Waals surface area contributed by atoms with Crippen LogP contribution < -0.4 is 10.1 Å². The van der Waals surface area contributed by atoms with Crippen LogP contribution in [0.1, 0.15) is 5.56 Å². The number of para-hydroxylation sites is 1. The minimum Gasteiger partial charge on any atom is -0.492 e. The Bertz CT molecular complexity index is 659. The van der Waals surface area contributed by atoms with E-state index in [1.807, 2.05) is 73.7 Å². The number of nitrogens with one attached hydrogen (secondary N) is 1. The Morgan fingerprint density at radius 3 is 2.54 bits per heavy atom. The maximum atomic E-state index is 12.1. The van der Waals surface area contributed by atoms with Gasteiger partial charge < -0.3 is 10.1 Å². The molecular weight excluding hydrogens is 320 g/mol. The summed E-state index contributed by atoms with van der Waals surface area (Å²) in [6.45, 7) is 3.60. The third-order valence-corrected chi connectivity index (χ3v) is 4.36. The number of likely N-dealkylation sites (N-methyl/N-ethyl adjacent to an activating group) is 1. The van der Waals surface area contributed by atoms with Gasteiger partial charge in [0.2, 0.25) is 5.91 Å². The van der Waals surface area contributed by atoms with Crippen LogP contribution in [-0.4, -0.2) is 43.8 Å². The summed E-state index contributed by atoms with van der Waals surface area (Å²) in [5.41, 5.74) is 1.94. The van der Waals surface area contributed by atoms with Crippen molar-refractivity contribution in [2.24, 2.45) is 0 Å². The van der Waals surface area contributed by atoms with Crippen LogP contribution in [0, 0.1) is 6.92 Å². The zero-order valence-electron chi connectivity index (χ0n) is 14.4. The van der Waals surface area contributed by atoms with Crippen LogP contribution in [0.15, 0.2) is 53.4 Å². The van der Waals surface area contributed by atoms with Crippen LogP contribution in [0.4, 0.5) is 5.69 Å². The molecule has 2 aromatic carbocycles. The first-order chi connectivity index (χ1) is 11.6. The molecule has 4 nitrogen and oxygen atoms in total. The number of anilines is 1. The average molecular weight is 344 g/mol. The van der Waals surface area contributed by atoms with Crippen molar-refractivity contribution in [3.63, 3.8) is 0 Å². The van der Waals surface area contributed by atoms with Crippen LogP contribution in [-0.2, 0) is 4.79 Å². The fraction of sp³-hybridized carbons (Fsp3) is 0.316. The monoisotopic (exact) mass is 344 g/mol. The maximum absolute atomic E-state index is 12.1. The average Bonchev–Trinajstić information content (AvgIpc) is 2.57.